The number of para-hydroxylation sites is 1. The predicted molar refractivity (Wildman–Crippen MR) is 104 cm³/mol. The summed E-state index contributed by atoms with van der Waals surface area (Å²) in [6, 6.07) is 20.9. The molecule has 132 valence electrons. The van der Waals surface area contributed by atoms with E-state index >= 15 is 0 Å². The zero-order chi connectivity index (χ0) is 18.4. The van der Waals surface area contributed by atoms with E-state index in [1.54, 1.807) is 12.1 Å². The van der Waals surface area contributed by atoms with Gasteiger partial charge < -0.3 is 10.2 Å². The molecule has 0 aliphatic heterocycles. The highest BCUT2D eigenvalue weighted by Crippen LogP contribution is 2.20. The van der Waals surface area contributed by atoms with Crippen molar-refractivity contribution in [2.24, 2.45) is 0 Å². The lowest BCUT2D eigenvalue weighted by molar-refractivity contribution is 0.0948. The number of amides is 1. The van der Waals surface area contributed by atoms with Crippen LogP contribution in [0.2, 0.25) is 5.02 Å². The summed E-state index contributed by atoms with van der Waals surface area (Å²) in [5.74, 6) is 0.439. The van der Waals surface area contributed by atoms with E-state index in [1.807, 2.05) is 66.5 Å². The summed E-state index contributed by atoms with van der Waals surface area (Å²) in [7, 11) is 1.91. The first kappa shape index (κ1) is 17.9. The molecule has 0 saturated carbocycles. The first-order valence-corrected chi connectivity index (χ1v) is 8.66. The minimum absolute atomic E-state index is 0.236. The number of hydrogen-bond donors (Lipinski definition) is 1. The molecule has 3 rings (SSSR count). The van der Waals surface area contributed by atoms with Crippen LogP contribution in [0.1, 0.15) is 16.1 Å². The fourth-order valence-corrected chi connectivity index (χ4v) is 2.60. The molecule has 5 nitrogen and oxygen atoms in total. The Labute approximate surface area is 157 Å². The highest BCUT2D eigenvalue weighted by atomic mass is 35.5. The molecule has 0 radical (unpaired) electrons. The maximum atomic E-state index is 12.2. The second-order valence-electron chi connectivity index (χ2n) is 5.80. The zero-order valence-corrected chi connectivity index (χ0v) is 15.1. The monoisotopic (exact) mass is 366 g/mol. The van der Waals surface area contributed by atoms with E-state index in [0.717, 1.165) is 17.7 Å². The first-order chi connectivity index (χ1) is 12.6. The van der Waals surface area contributed by atoms with Crippen LogP contribution < -0.4 is 10.2 Å². The van der Waals surface area contributed by atoms with Crippen LogP contribution in [0, 0.1) is 0 Å². The summed E-state index contributed by atoms with van der Waals surface area (Å²) in [6.45, 7) is 0.522. The van der Waals surface area contributed by atoms with Crippen LogP contribution in [0.4, 0.5) is 11.5 Å². The summed E-state index contributed by atoms with van der Waals surface area (Å²) in [5.41, 5.74) is 2.41. The Morgan fingerprint density at radius 2 is 1.73 bits per heavy atom. The third-order valence-electron chi connectivity index (χ3n) is 3.98. The van der Waals surface area contributed by atoms with E-state index in [4.69, 9.17) is 11.6 Å². The topological polar surface area (TPSA) is 58.1 Å². The summed E-state index contributed by atoms with van der Waals surface area (Å²) in [5, 5.41) is 11.8. The number of rotatable bonds is 6. The molecule has 1 aromatic heterocycles. The van der Waals surface area contributed by atoms with Gasteiger partial charge in [0.25, 0.3) is 5.91 Å². The van der Waals surface area contributed by atoms with Gasteiger partial charge in [0.2, 0.25) is 0 Å². The second-order valence-corrected chi connectivity index (χ2v) is 6.24. The average Bonchev–Trinajstić information content (AvgIpc) is 2.69. The normalized spacial score (nSPS) is 10.4. The number of hydrogen-bond acceptors (Lipinski definition) is 4. The highest BCUT2D eigenvalue weighted by Gasteiger charge is 2.10. The molecule has 0 unspecified atom stereocenters. The molecule has 0 aliphatic carbocycles. The van der Waals surface area contributed by atoms with Crippen molar-refractivity contribution in [3.05, 3.63) is 83.0 Å². The van der Waals surface area contributed by atoms with Crippen molar-refractivity contribution in [3.8, 4) is 0 Å². The van der Waals surface area contributed by atoms with Gasteiger partial charge in [-0.05, 0) is 48.4 Å². The summed E-state index contributed by atoms with van der Waals surface area (Å²) in [6.07, 6.45) is 0.727. The maximum absolute atomic E-state index is 12.2. The van der Waals surface area contributed by atoms with Crippen LogP contribution in [0.25, 0.3) is 0 Å². The van der Waals surface area contributed by atoms with Crippen molar-refractivity contribution < 1.29 is 4.79 Å². The molecule has 0 atom stereocenters. The van der Waals surface area contributed by atoms with E-state index in [2.05, 4.69) is 15.5 Å². The molecular weight excluding hydrogens is 348 g/mol. The maximum Gasteiger partial charge on any atom is 0.271 e. The summed E-state index contributed by atoms with van der Waals surface area (Å²) in [4.78, 5) is 14.1. The minimum Gasteiger partial charge on any atom is -0.350 e. The molecule has 6 heteroatoms. The number of aromatic nitrogens is 2. The van der Waals surface area contributed by atoms with Crippen LogP contribution in [0.5, 0.6) is 0 Å². The number of carbonyl (C=O) groups excluding carboxylic acids is 1. The van der Waals surface area contributed by atoms with Crippen molar-refractivity contribution >= 4 is 29.0 Å². The van der Waals surface area contributed by atoms with Gasteiger partial charge in [0.1, 0.15) is 0 Å². The predicted octanol–water partition coefficient (Wildman–Crippen LogP) is 3.87. The van der Waals surface area contributed by atoms with E-state index in [-0.39, 0.29) is 5.91 Å². The lowest BCUT2D eigenvalue weighted by atomic mass is 10.1. The Hall–Kier alpha value is -2.92. The lowest BCUT2D eigenvalue weighted by Gasteiger charge is -2.17. The van der Waals surface area contributed by atoms with Gasteiger partial charge in [-0.15, -0.1) is 10.2 Å². The smallest absolute Gasteiger partial charge is 0.271 e. The molecule has 2 aromatic carbocycles. The number of halogens is 1. The first-order valence-electron chi connectivity index (χ1n) is 8.28. The van der Waals surface area contributed by atoms with Gasteiger partial charge in [-0.2, -0.15) is 0 Å². The van der Waals surface area contributed by atoms with Crippen molar-refractivity contribution in [1.82, 2.24) is 15.5 Å². The molecule has 0 fully saturated rings. The third-order valence-corrected chi connectivity index (χ3v) is 4.23. The molecule has 1 N–H and O–H groups in total. The van der Waals surface area contributed by atoms with E-state index in [1.165, 1.54) is 0 Å². The van der Waals surface area contributed by atoms with Gasteiger partial charge >= 0.3 is 0 Å². The van der Waals surface area contributed by atoms with Gasteiger partial charge in [-0.3, -0.25) is 4.79 Å². The lowest BCUT2D eigenvalue weighted by Crippen LogP contribution is -2.27. The van der Waals surface area contributed by atoms with E-state index in [9.17, 15) is 4.79 Å². The minimum atomic E-state index is -0.236. The molecule has 0 spiro atoms. The van der Waals surface area contributed by atoms with Gasteiger partial charge in [-0.25, -0.2) is 0 Å². The third kappa shape index (κ3) is 4.58. The number of anilines is 2. The number of nitrogens with one attached hydrogen (secondary N) is 1. The Kier molecular flexibility index (Phi) is 5.81. The number of benzene rings is 2. The molecule has 1 amide bonds. The molecular formula is C20H19ClN4O. The van der Waals surface area contributed by atoms with Crippen LogP contribution in [0.15, 0.2) is 66.7 Å². The summed E-state index contributed by atoms with van der Waals surface area (Å²) >= 11 is 5.86. The second kappa shape index (κ2) is 8.45. The standard InChI is InChI=1S/C20H19ClN4O/c1-25(17-5-3-2-4-6-17)19-12-11-18(23-24-19)20(26)22-14-13-15-7-9-16(21)10-8-15/h2-12H,13-14H2,1H3,(H,22,26). The van der Waals surface area contributed by atoms with Gasteiger partial charge in [0.15, 0.2) is 11.5 Å². The largest absolute Gasteiger partial charge is 0.350 e. The van der Waals surface area contributed by atoms with Gasteiger partial charge in [0, 0.05) is 24.3 Å². The molecule has 3 aromatic rings. The van der Waals surface area contributed by atoms with Gasteiger partial charge in [-0.1, -0.05) is 41.9 Å². The molecule has 0 aliphatic rings. The fraction of sp³-hybridized carbons (Fsp3) is 0.150. The van der Waals surface area contributed by atoms with Crippen LogP contribution >= 0.6 is 11.6 Å². The van der Waals surface area contributed by atoms with Crippen molar-refractivity contribution in [2.75, 3.05) is 18.5 Å². The van der Waals surface area contributed by atoms with Crippen molar-refractivity contribution in [3.63, 3.8) is 0 Å². The van der Waals surface area contributed by atoms with Crippen LogP contribution in [-0.4, -0.2) is 29.7 Å². The van der Waals surface area contributed by atoms with Crippen LogP contribution in [-0.2, 0) is 6.42 Å². The fourth-order valence-electron chi connectivity index (χ4n) is 2.47. The SMILES string of the molecule is CN(c1ccccc1)c1ccc(C(=O)NCCc2ccc(Cl)cc2)nn1. The quantitative estimate of drug-likeness (QED) is 0.719. The number of nitrogens with zero attached hydrogens (tertiary/aromatic N) is 3. The van der Waals surface area contributed by atoms with E-state index in [0.29, 0.717) is 23.1 Å². The number of carbonyl (C=O) groups is 1. The zero-order valence-electron chi connectivity index (χ0n) is 14.4. The van der Waals surface area contributed by atoms with E-state index < -0.39 is 0 Å². The van der Waals surface area contributed by atoms with Crippen molar-refractivity contribution in [1.29, 1.82) is 0 Å². The van der Waals surface area contributed by atoms with Gasteiger partial charge in [0.05, 0.1) is 0 Å². The Bertz CT molecular complexity index is 851. The Balaban J connectivity index is 1.56. The van der Waals surface area contributed by atoms with Crippen LogP contribution in [0.3, 0.4) is 0 Å². The summed E-state index contributed by atoms with van der Waals surface area (Å²) < 4.78 is 0. The molecule has 1 heterocycles. The molecule has 26 heavy (non-hydrogen) atoms. The average molecular weight is 367 g/mol. The Morgan fingerprint density at radius 3 is 2.38 bits per heavy atom. The molecule has 0 saturated heterocycles. The van der Waals surface area contributed by atoms with Crippen molar-refractivity contribution in [2.45, 2.75) is 6.42 Å². The highest BCUT2D eigenvalue weighted by molar-refractivity contribution is 6.30. The molecule has 0 bridgehead atoms. The Morgan fingerprint density at radius 1 is 1.00 bits per heavy atom.